The lowest BCUT2D eigenvalue weighted by molar-refractivity contribution is 0.0101. The van der Waals surface area contributed by atoms with Gasteiger partial charge in [0.25, 0.3) is 6.01 Å². The van der Waals surface area contributed by atoms with Gasteiger partial charge in [-0.3, -0.25) is 4.90 Å². The van der Waals surface area contributed by atoms with Gasteiger partial charge >= 0.3 is 6.09 Å². The van der Waals surface area contributed by atoms with Crippen molar-refractivity contribution >= 4 is 46.1 Å². The number of piperidine rings is 1. The van der Waals surface area contributed by atoms with Crippen LogP contribution in [0.1, 0.15) is 6.42 Å². The zero-order chi connectivity index (χ0) is 17.1. The number of anilines is 1. The number of carboxylic acid groups (broad SMARTS) is 1. The van der Waals surface area contributed by atoms with Gasteiger partial charge in [0, 0.05) is 24.7 Å². The van der Waals surface area contributed by atoms with Crippen LogP contribution in [0.15, 0.2) is 28.1 Å². The number of rotatable bonds is 2. The van der Waals surface area contributed by atoms with Gasteiger partial charge in [0.05, 0.1) is 22.7 Å². The van der Waals surface area contributed by atoms with Crippen molar-refractivity contribution < 1.29 is 14.3 Å². The Labute approximate surface area is 151 Å². The normalized spacial score (nSPS) is 22.3. The smallest absolute Gasteiger partial charge is 0.407 e. The summed E-state index contributed by atoms with van der Waals surface area (Å²) in [5.41, 5.74) is 2.09. The number of halogens is 1. The Morgan fingerprint density at radius 2 is 2.16 bits per heavy atom. The minimum absolute atomic E-state index is 0.000155. The Balaban J connectivity index is 1.53. The van der Waals surface area contributed by atoms with Crippen LogP contribution in [0.5, 0.6) is 0 Å². The van der Waals surface area contributed by atoms with Crippen LogP contribution in [-0.2, 0) is 0 Å². The van der Waals surface area contributed by atoms with Gasteiger partial charge in [0.15, 0.2) is 5.58 Å². The molecule has 0 radical (unpaired) electrons. The molecule has 2 unspecified atom stereocenters. The van der Waals surface area contributed by atoms with E-state index in [0.29, 0.717) is 35.2 Å². The largest absolute Gasteiger partial charge is 0.465 e. The van der Waals surface area contributed by atoms with Gasteiger partial charge in [-0.25, -0.2) is 9.78 Å². The summed E-state index contributed by atoms with van der Waals surface area (Å²) in [4.78, 5) is 23.7. The van der Waals surface area contributed by atoms with E-state index in [0.717, 1.165) is 17.0 Å². The number of amides is 1. The summed E-state index contributed by atoms with van der Waals surface area (Å²) in [7, 11) is 0. The van der Waals surface area contributed by atoms with Gasteiger partial charge < -0.3 is 14.4 Å². The maximum absolute atomic E-state index is 11.2. The van der Waals surface area contributed by atoms with Gasteiger partial charge in [0.2, 0.25) is 0 Å². The lowest BCUT2D eigenvalue weighted by atomic mass is 9.88. The highest BCUT2D eigenvalue weighted by Crippen LogP contribution is 2.39. The van der Waals surface area contributed by atoms with Crippen LogP contribution >= 0.6 is 22.9 Å². The van der Waals surface area contributed by atoms with Crippen molar-refractivity contribution in [3.05, 3.63) is 28.7 Å². The molecule has 3 aromatic rings. The third-order valence-electron chi connectivity index (χ3n) is 4.83. The molecular weight excluding hydrogens is 364 g/mol. The number of oxazole rings is 1. The van der Waals surface area contributed by atoms with Gasteiger partial charge in [-0.2, -0.15) is 4.98 Å². The Kier molecular flexibility index (Phi) is 3.20. The lowest BCUT2D eigenvalue weighted by Crippen LogP contribution is -2.70. The van der Waals surface area contributed by atoms with Gasteiger partial charge in [-0.15, -0.1) is 11.3 Å². The van der Waals surface area contributed by atoms with Crippen molar-refractivity contribution in [2.75, 3.05) is 18.0 Å². The van der Waals surface area contributed by atoms with Crippen LogP contribution in [-0.4, -0.2) is 51.2 Å². The fourth-order valence-electron chi connectivity index (χ4n) is 3.70. The number of hydrogen-bond acceptors (Lipinski definition) is 6. The molecule has 6 rings (SSSR count). The number of aromatic nitrogens is 2. The molecule has 1 amide bonds. The van der Waals surface area contributed by atoms with Crippen molar-refractivity contribution in [3.63, 3.8) is 0 Å². The first-order valence-corrected chi connectivity index (χ1v) is 9.12. The molecule has 0 saturated carbocycles. The average Bonchev–Trinajstić information content (AvgIpc) is 3.25. The Morgan fingerprint density at radius 3 is 2.84 bits per heavy atom. The van der Waals surface area contributed by atoms with Crippen LogP contribution in [0.3, 0.4) is 0 Å². The van der Waals surface area contributed by atoms with E-state index < -0.39 is 6.09 Å². The second-order valence-electron chi connectivity index (χ2n) is 6.24. The first kappa shape index (κ1) is 15.0. The summed E-state index contributed by atoms with van der Waals surface area (Å²) in [6.45, 7) is 1.17. The number of benzene rings is 1. The molecule has 2 atom stereocenters. The average molecular weight is 377 g/mol. The number of fused-ring (bicyclic) bond motifs is 3. The van der Waals surface area contributed by atoms with Crippen molar-refractivity contribution in [1.82, 2.24) is 14.9 Å². The number of piperazine rings is 1. The fraction of sp³-hybridized carbons (Fsp3) is 0.312. The highest BCUT2D eigenvalue weighted by Gasteiger charge is 2.48. The molecule has 3 aliphatic heterocycles. The highest BCUT2D eigenvalue weighted by atomic mass is 35.5. The summed E-state index contributed by atoms with van der Waals surface area (Å²) >= 11 is 7.83. The van der Waals surface area contributed by atoms with Crippen LogP contribution in [0, 0.1) is 0 Å². The minimum atomic E-state index is -0.854. The monoisotopic (exact) mass is 376 g/mol. The van der Waals surface area contributed by atoms with E-state index >= 15 is 0 Å². The molecule has 5 heterocycles. The first-order valence-electron chi connectivity index (χ1n) is 7.87. The van der Waals surface area contributed by atoms with Gasteiger partial charge in [0.1, 0.15) is 10.5 Å². The van der Waals surface area contributed by atoms with E-state index in [1.165, 1.54) is 16.2 Å². The van der Waals surface area contributed by atoms with Crippen molar-refractivity contribution in [1.29, 1.82) is 0 Å². The third-order valence-corrected chi connectivity index (χ3v) is 5.94. The Bertz CT molecular complexity index is 961. The molecule has 128 valence electrons. The van der Waals surface area contributed by atoms with Crippen molar-refractivity contribution in [2.24, 2.45) is 0 Å². The molecule has 1 aromatic carbocycles. The van der Waals surface area contributed by atoms with Gasteiger partial charge in [-0.05, 0) is 18.6 Å². The zero-order valence-electron chi connectivity index (χ0n) is 12.9. The molecule has 2 bridgehead atoms. The van der Waals surface area contributed by atoms with E-state index in [-0.39, 0.29) is 12.1 Å². The van der Waals surface area contributed by atoms with E-state index in [2.05, 4.69) is 9.97 Å². The molecule has 0 aliphatic carbocycles. The van der Waals surface area contributed by atoms with E-state index in [4.69, 9.17) is 16.0 Å². The summed E-state index contributed by atoms with van der Waals surface area (Å²) in [5.74, 6) is 0. The third kappa shape index (κ3) is 2.21. The SMILES string of the molecule is O=C(O)N1C2CC1CN(c1nc3c(Cl)ccc(-c4nccs4)c3o1)C2. The standard InChI is InChI=1S/C16H13ClN4O3S/c17-11-2-1-10(14-18-3-4-25-14)13-12(11)19-15(24-13)20-6-8-5-9(7-20)21(8)16(22)23/h1-4,8-9H,5-7H2,(H,22,23). The number of hydrogen-bond donors (Lipinski definition) is 1. The van der Waals surface area contributed by atoms with Crippen LogP contribution < -0.4 is 4.90 Å². The zero-order valence-corrected chi connectivity index (χ0v) is 14.5. The number of thiazole rings is 1. The highest BCUT2D eigenvalue weighted by molar-refractivity contribution is 7.13. The number of carbonyl (C=O) groups is 1. The number of nitrogens with zero attached hydrogens (tertiary/aromatic N) is 4. The second-order valence-corrected chi connectivity index (χ2v) is 7.55. The van der Waals surface area contributed by atoms with E-state index in [1.54, 1.807) is 12.3 Å². The van der Waals surface area contributed by atoms with Crippen LogP contribution in [0.2, 0.25) is 5.02 Å². The Morgan fingerprint density at radius 1 is 1.36 bits per heavy atom. The molecule has 1 N–H and O–H groups in total. The summed E-state index contributed by atoms with van der Waals surface area (Å²) in [6, 6.07) is 4.17. The van der Waals surface area contributed by atoms with Crippen molar-refractivity contribution in [2.45, 2.75) is 18.5 Å². The molecule has 3 aliphatic rings. The second kappa shape index (κ2) is 5.34. The predicted molar refractivity (Wildman–Crippen MR) is 94.4 cm³/mol. The summed E-state index contributed by atoms with van der Waals surface area (Å²) < 4.78 is 6.04. The molecule has 2 aromatic heterocycles. The van der Waals surface area contributed by atoms with Crippen LogP contribution in [0.4, 0.5) is 10.8 Å². The van der Waals surface area contributed by atoms with Crippen LogP contribution in [0.25, 0.3) is 21.7 Å². The van der Waals surface area contributed by atoms with Crippen molar-refractivity contribution in [3.8, 4) is 10.6 Å². The minimum Gasteiger partial charge on any atom is -0.465 e. The summed E-state index contributed by atoms with van der Waals surface area (Å²) in [6.07, 6.45) is 1.79. The molecule has 25 heavy (non-hydrogen) atoms. The maximum Gasteiger partial charge on any atom is 0.407 e. The van der Waals surface area contributed by atoms with E-state index in [1.807, 2.05) is 16.3 Å². The fourth-order valence-corrected chi connectivity index (χ4v) is 4.55. The first-order chi connectivity index (χ1) is 12.1. The lowest BCUT2D eigenvalue weighted by Gasteiger charge is -2.54. The Hall–Kier alpha value is -2.32. The topological polar surface area (TPSA) is 82.7 Å². The quantitative estimate of drug-likeness (QED) is 0.736. The molecular formula is C16H13ClN4O3S. The van der Waals surface area contributed by atoms with E-state index in [9.17, 15) is 9.90 Å². The molecule has 3 saturated heterocycles. The molecule has 3 fully saturated rings. The molecule has 9 heteroatoms. The predicted octanol–water partition coefficient (Wildman–Crippen LogP) is 3.55. The maximum atomic E-state index is 11.2. The summed E-state index contributed by atoms with van der Waals surface area (Å²) in [5, 5.41) is 12.5. The molecule has 0 spiro atoms. The molecule has 7 nitrogen and oxygen atoms in total. The van der Waals surface area contributed by atoms with Gasteiger partial charge in [-0.1, -0.05) is 11.6 Å².